The lowest BCUT2D eigenvalue weighted by atomic mass is 10.2. The van der Waals surface area contributed by atoms with Gasteiger partial charge in [-0.25, -0.2) is 14.8 Å². The van der Waals surface area contributed by atoms with Crippen LogP contribution in [0, 0.1) is 6.92 Å². The van der Waals surface area contributed by atoms with Gasteiger partial charge in [0, 0.05) is 17.5 Å². The van der Waals surface area contributed by atoms with Crippen LogP contribution >= 0.6 is 11.8 Å². The summed E-state index contributed by atoms with van der Waals surface area (Å²) in [5, 5.41) is 13.0. The Labute approximate surface area is 150 Å². The average Bonchev–Trinajstić information content (AvgIpc) is 2.61. The molecule has 0 unspecified atom stereocenters. The molecule has 126 valence electrons. The first-order valence-corrected chi connectivity index (χ1v) is 8.72. The molecule has 0 atom stereocenters. The molecular formula is C19H17N3O2S. The van der Waals surface area contributed by atoms with Crippen molar-refractivity contribution in [2.24, 2.45) is 0 Å². The SMILES string of the molecule is Cc1cc(Nc2ccccc2C(=O)O)nc(SCc2ccccc2)n1. The van der Waals surface area contributed by atoms with Crippen molar-refractivity contribution in [1.29, 1.82) is 0 Å². The number of carbonyl (C=O) groups is 1. The van der Waals surface area contributed by atoms with Gasteiger partial charge in [0.1, 0.15) is 5.82 Å². The van der Waals surface area contributed by atoms with Crippen LogP contribution in [0.2, 0.25) is 0 Å². The van der Waals surface area contributed by atoms with Gasteiger partial charge in [-0.15, -0.1) is 0 Å². The van der Waals surface area contributed by atoms with Gasteiger partial charge < -0.3 is 10.4 Å². The fourth-order valence-electron chi connectivity index (χ4n) is 2.31. The van der Waals surface area contributed by atoms with Crippen LogP contribution < -0.4 is 5.32 Å². The zero-order valence-corrected chi connectivity index (χ0v) is 14.5. The van der Waals surface area contributed by atoms with Crippen molar-refractivity contribution in [2.45, 2.75) is 17.8 Å². The van der Waals surface area contributed by atoms with Gasteiger partial charge in [-0.3, -0.25) is 0 Å². The summed E-state index contributed by atoms with van der Waals surface area (Å²) < 4.78 is 0. The molecule has 0 bridgehead atoms. The van der Waals surface area contributed by atoms with Crippen molar-refractivity contribution < 1.29 is 9.90 Å². The Balaban J connectivity index is 1.79. The first-order chi connectivity index (χ1) is 12.1. The molecule has 3 rings (SSSR count). The van der Waals surface area contributed by atoms with Crippen LogP contribution in [-0.2, 0) is 5.75 Å². The lowest BCUT2D eigenvalue weighted by Crippen LogP contribution is -2.04. The van der Waals surface area contributed by atoms with Crippen LogP contribution in [0.3, 0.4) is 0 Å². The quantitative estimate of drug-likeness (QED) is 0.502. The molecule has 5 nitrogen and oxygen atoms in total. The number of carboxylic acid groups (broad SMARTS) is 1. The number of para-hydroxylation sites is 1. The molecule has 3 aromatic rings. The van der Waals surface area contributed by atoms with Crippen molar-refractivity contribution in [2.75, 3.05) is 5.32 Å². The number of benzene rings is 2. The van der Waals surface area contributed by atoms with E-state index in [1.165, 1.54) is 5.56 Å². The Kier molecular flexibility index (Phi) is 5.30. The number of aromatic carboxylic acids is 1. The van der Waals surface area contributed by atoms with E-state index in [2.05, 4.69) is 27.4 Å². The van der Waals surface area contributed by atoms with E-state index in [4.69, 9.17) is 0 Å². The topological polar surface area (TPSA) is 75.1 Å². The number of carboxylic acids is 1. The van der Waals surface area contributed by atoms with Gasteiger partial charge in [0.25, 0.3) is 0 Å². The predicted molar refractivity (Wildman–Crippen MR) is 99.5 cm³/mol. The normalized spacial score (nSPS) is 10.4. The van der Waals surface area contributed by atoms with Gasteiger partial charge in [-0.05, 0) is 24.6 Å². The van der Waals surface area contributed by atoms with E-state index in [0.717, 1.165) is 11.4 Å². The van der Waals surface area contributed by atoms with Crippen molar-refractivity contribution >= 4 is 29.2 Å². The first-order valence-electron chi connectivity index (χ1n) is 7.73. The van der Waals surface area contributed by atoms with Crippen LogP contribution in [0.4, 0.5) is 11.5 Å². The van der Waals surface area contributed by atoms with Crippen LogP contribution in [0.15, 0.2) is 65.8 Å². The van der Waals surface area contributed by atoms with Crippen LogP contribution in [0.1, 0.15) is 21.6 Å². The van der Waals surface area contributed by atoms with Crippen molar-refractivity contribution in [3.63, 3.8) is 0 Å². The van der Waals surface area contributed by atoms with Gasteiger partial charge in [-0.2, -0.15) is 0 Å². The van der Waals surface area contributed by atoms with E-state index in [0.29, 0.717) is 16.7 Å². The van der Waals surface area contributed by atoms with Crippen LogP contribution in [-0.4, -0.2) is 21.0 Å². The van der Waals surface area contributed by atoms with Gasteiger partial charge in [-0.1, -0.05) is 54.2 Å². The first kappa shape index (κ1) is 17.0. The fourth-order valence-corrected chi connectivity index (χ4v) is 3.17. The maximum atomic E-state index is 11.3. The Morgan fingerprint density at radius 1 is 1.08 bits per heavy atom. The number of rotatable bonds is 6. The summed E-state index contributed by atoms with van der Waals surface area (Å²) >= 11 is 1.54. The van der Waals surface area contributed by atoms with E-state index in [9.17, 15) is 9.90 Å². The summed E-state index contributed by atoms with van der Waals surface area (Å²) in [5.74, 6) is 0.374. The minimum absolute atomic E-state index is 0.206. The molecule has 0 saturated heterocycles. The summed E-state index contributed by atoms with van der Waals surface area (Å²) in [6.45, 7) is 1.89. The highest BCUT2D eigenvalue weighted by molar-refractivity contribution is 7.98. The second kappa shape index (κ2) is 7.81. The standard InChI is InChI=1S/C19H17N3O2S/c1-13-11-17(21-16-10-6-5-9-15(16)18(23)24)22-19(20-13)25-12-14-7-3-2-4-8-14/h2-11H,12H2,1H3,(H,23,24)(H,20,21,22). The highest BCUT2D eigenvalue weighted by atomic mass is 32.2. The zero-order chi connectivity index (χ0) is 17.6. The van der Waals surface area contributed by atoms with Crippen molar-refractivity contribution in [3.8, 4) is 0 Å². The van der Waals surface area contributed by atoms with E-state index < -0.39 is 5.97 Å². The minimum atomic E-state index is -0.979. The molecule has 2 aromatic carbocycles. The monoisotopic (exact) mass is 351 g/mol. The van der Waals surface area contributed by atoms with Crippen molar-refractivity contribution in [3.05, 3.63) is 77.5 Å². The van der Waals surface area contributed by atoms with Crippen molar-refractivity contribution in [1.82, 2.24) is 9.97 Å². The van der Waals surface area contributed by atoms with Gasteiger partial charge in [0.15, 0.2) is 5.16 Å². The molecule has 6 heteroatoms. The van der Waals surface area contributed by atoms with E-state index in [-0.39, 0.29) is 5.56 Å². The molecule has 1 aromatic heterocycles. The predicted octanol–water partition coefficient (Wildman–Crippen LogP) is 4.52. The molecule has 0 radical (unpaired) electrons. The number of thioether (sulfide) groups is 1. The Morgan fingerprint density at radius 2 is 1.80 bits per heavy atom. The lowest BCUT2D eigenvalue weighted by Gasteiger charge is -2.10. The maximum absolute atomic E-state index is 11.3. The molecule has 2 N–H and O–H groups in total. The second-order valence-electron chi connectivity index (χ2n) is 5.43. The average molecular weight is 351 g/mol. The summed E-state index contributed by atoms with van der Waals surface area (Å²) in [5.41, 5.74) is 2.73. The van der Waals surface area contributed by atoms with Gasteiger partial charge in [0.2, 0.25) is 0 Å². The number of nitrogens with zero attached hydrogens (tertiary/aromatic N) is 2. The molecule has 0 aliphatic carbocycles. The summed E-state index contributed by atoms with van der Waals surface area (Å²) in [6.07, 6.45) is 0. The molecule has 0 spiro atoms. The number of hydrogen-bond donors (Lipinski definition) is 2. The van der Waals surface area contributed by atoms with E-state index in [1.807, 2.05) is 25.1 Å². The number of anilines is 2. The van der Waals surface area contributed by atoms with Gasteiger partial charge >= 0.3 is 5.97 Å². The molecular weight excluding hydrogens is 334 g/mol. The largest absolute Gasteiger partial charge is 0.478 e. The summed E-state index contributed by atoms with van der Waals surface area (Å²) in [7, 11) is 0. The molecule has 0 aliphatic heterocycles. The Bertz CT molecular complexity index is 885. The van der Waals surface area contributed by atoms with Crippen LogP contribution in [0.25, 0.3) is 0 Å². The number of hydrogen-bond acceptors (Lipinski definition) is 5. The molecule has 0 aliphatic rings. The second-order valence-corrected chi connectivity index (χ2v) is 6.37. The lowest BCUT2D eigenvalue weighted by molar-refractivity contribution is 0.0698. The highest BCUT2D eigenvalue weighted by Crippen LogP contribution is 2.24. The fraction of sp³-hybridized carbons (Fsp3) is 0.105. The molecule has 0 saturated carbocycles. The number of aryl methyl sites for hydroxylation is 1. The zero-order valence-electron chi connectivity index (χ0n) is 13.6. The summed E-state index contributed by atoms with van der Waals surface area (Å²) in [4.78, 5) is 20.3. The van der Waals surface area contributed by atoms with E-state index in [1.54, 1.807) is 42.1 Å². The van der Waals surface area contributed by atoms with Crippen LogP contribution in [0.5, 0.6) is 0 Å². The van der Waals surface area contributed by atoms with E-state index >= 15 is 0 Å². The Morgan fingerprint density at radius 3 is 2.56 bits per heavy atom. The minimum Gasteiger partial charge on any atom is -0.478 e. The smallest absolute Gasteiger partial charge is 0.337 e. The molecule has 0 fully saturated rings. The molecule has 0 amide bonds. The third kappa shape index (κ3) is 4.58. The number of nitrogens with one attached hydrogen (secondary N) is 1. The number of aromatic nitrogens is 2. The summed E-state index contributed by atoms with van der Waals surface area (Å²) in [6, 6.07) is 18.7. The maximum Gasteiger partial charge on any atom is 0.337 e. The third-order valence-corrected chi connectivity index (χ3v) is 4.38. The molecule has 1 heterocycles. The van der Waals surface area contributed by atoms with Gasteiger partial charge in [0.05, 0.1) is 11.3 Å². The highest BCUT2D eigenvalue weighted by Gasteiger charge is 2.11. The Hall–Kier alpha value is -2.86. The third-order valence-electron chi connectivity index (χ3n) is 3.46. The molecule has 25 heavy (non-hydrogen) atoms.